The molecule has 0 atom stereocenters. The molecule has 0 bridgehead atoms. The van der Waals surface area contributed by atoms with Gasteiger partial charge in [0.1, 0.15) is 11.6 Å². The molecule has 22 heavy (non-hydrogen) atoms. The smallest absolute Gasteiger partial charge is 0.318 e. The van der Waals surface area contributed by atoms with E-state index in [9.17, 15) is 9.18 Å². The molecule has 3 N–H and O–H groups in total. The summed E-state index contributed by atoms with van der Waals surface area (Å²) in [6.07, 6.45) is 3.55. The minimum Gasteiger partial charge on any atom is -0.508 e. The van der Waals surface area contributed by atoms with Crippen LogP contribution >= 0.6 is 0 Å². The monoisotopic (exact) mass is 300 g/mol. The zero-order valence-corrected chi connectivity index (χ0v) is 11.9. The lowest BCUT2D eigenvalue weighted by Gasteiger charge is -2.05. The summed E-state index contributed by atoms with van der Waals surface area (Å²) >= 11 is 0. The van der Waals surface area contributed by atoms with Crippen molar-refractivity contribution in [2.75, 3.05) is 6.54 Å². The van der Waals surface area contributed by atoms with Gasteiger partial charge in [0, 0.05) is 18.3 Å². The Kier molecular flexibility index (Phi) is 5.54. The van der Waals surface area contributed by atoms with Gasteiger partial charge in [-0.25, -0.2) is 9.18 Å². The van der Waals surface area contributed by atoms with E-state index in [-0.39, 0.29) is 17.6 Å². The summed E-state index contributed by atoms with van der Waals surface area (Å²) in [5.74, 6) is -0.124. The molecule has 0 saturated heterocycles. The van der Waals surface area contributed by atoms with Crippen LogP contribution in [0.2, 0.25) is 0 Å². The molecule has 0 aliphatic rings. The van der Waals surface area contributed by atoms with Crippen LogP contribution in [0.5, 0.6) is 5.75 Å². The number of aromatic hydroxyl groups is 1. The quantitative estimate of drug-likeness (QED) is 0.795. The maximum atomic E-state index is 13.3. The summed E-state index contributed by atoms with van der Waals surface area (Å²) in [4.78, 5) is 11.6. The summed E-state index contributed by atoms with van der Waals surface area (Å²) < 4.78 is 13.3. The highest BCUT2D eigenvalue weighted by atomic mass is 19.1. The summed E-state index contributed by atoms with van der Waals surface area (Å²) in [5.41, 5.74) is 1.42. The van der Waals surface area contributed by atoms with Gasteiger partial charge in [-0.05, 0) is 36.3 Å². The Balaban J connectivity index is 1.72. The molecule has 2 aromatic carbocycles. The van der Waals surface area contributed by atoms with Gasteiger partial charge < -0.3 is 15.7 Å². The molecular formula is C17H17FN2O2. The van der Waals surface area contributed by atoms with E-state index in [1.54, 1.807) is 42.5 Å². The molecule has 2 amide bonds. The highest BCUT2D eigenvalue weighted by Gasteiger charge is 1.99. The third-order valence-electron chi connectivity index (χ3n) is 3.02. The minimum absolute atomic E-state index is 0.215. The molecule has 4 nitrogen and oxygen atoms in total. The number of hydrogen-bond acceptors (Lipinski definition) is 2. The number of nitrogens with one attached hydrogen (secondary N) is 2. The lowest BCUT2D eigenvalue weighted by atomic mass is 10.1. The molecule has 0 aliphatic heterocycles. The Hall–Kier alpha value is -2.82. The van der Waals surface area contributed by atoms with Gasteiger partial charge >= 0.3 is 6.03 Å². The van der Waals surface area contributed by atoms with Gasteiger partial charge in [-0.15, -0.1) is 0 Å². The van der Waals surface area contributed by atoms with Gasteiger partial charge in [-0.3, -0.25) is 0 Å². The number of urea groups is 1. The minimum atomic E-state index is -0.355. The highest BCUT2D eigenvalue weighted by Crippen LogP contribution is 2.09. The number of rotatable bonds is 5. The molecule has 0 radical (unpaired) electrons. The van der Waals surface area contributed by atoms with Gasteiger partial charge in [-0.1, -0.05) is 30.3 Å². The second-order valence-corrected chi connectivity index (χ2v) is 4.67. The Morgan fingerprint density at radius 2 is 1.86 bits per heavy atom. The van der Waals surface area contributed by atoms with Crippen LogP contribution in [0, 0.1) is 5.82 Å². The SMILES string of the molecule is O=C(N/C=C/c1ccccc1F)NCCc1ccc(O)cc1. The second-order valence-electron chi connectivity index (χ2n) is 4.67. The van der Waals surface area contributed by atoms with E-state index in [1.807, 2.05) is 0 Å². The zero-order chi connectivity index (χ0) is 15.8. The third kappa shape index (κ3) is 4.94. The first-order valence-corrected chi connectivity index (χ1v) is 6.88. The van der Waals surface area contributed by atoms with Crippen molar-refractivity contribution in [1.82, 2.24) is 10.6 Å². The van der Waals surface area contributed by atoms with Crippen LogP contribution in [0.1, 0.15) is 11.1 Å². The fourth-order valence-corrected chi connectivity index (χ4v) is 1.85. The molecule has 2 aromatic rings. The van der Waals surface area contributed by atoms with Crippen LogP contribution in [-0.4, -0.2) is 17.7 Å². The summed E-state index contributed by atoms with van der Waals surface area (Å²) in [7, 11) is 0. The van der Waals surface area contributed by atoms with Crippen molar-refractivity contribution in [3.8, 4) is 5.75 Å². The standard InChI is InChI=1S/C17H17FN2O2/c18-16-4-2-1-3-14(16)10-12-20-17(22)19-11-9-13-5-7-15(21)8-6-13/h1-8,10,12,21H,9,11H2,(H2,19,20,22)/b12-10+. The van der Waals surface area contributed by atoms with E-state index in [1.165, 1.54) is 18.3 Å². The average Bonchev–Trinajstić information content (AvgIpc) is 2.51. The number of hydrogen-bond donors (Lipinski definition) is 3. The molecule has 0 aliphatic carbocycles. The number of halogens is 1. The van der Waals surface area contributed by atoms with Crippen LogP contribution in [-0.2, 0) is 6.42 Å². The van der Waals surface area contributed by atoms with Crippen molar-refractivity contribution < 1.29 is 14.3 Å². The average molecular weight is 300 g/mol. The summed E-state index contributed by atoms with van der Waals surface area (Å²) in [5, 5.41) is 14.4. The molecule has 114 valence electrons. The van der Waals surface area contributed by atoms with Crippen molar-refractivity contribution in [1.29, 1.82) is 0 Å². The Labute approximate surface area is 128 Å². The largest absolute Gasteiger partial charge is 0.508 e. The molecule has 0 aromatic heterocycles. The van der Waals surface area contributed by atoms with E-state index in [4.69, 9.17) is 5.11 Å². The molecule has 0 heterocycles. The number of benzene rings is 2. The first kappa shape index (κ1) is 15.6. The maximum Gasteiger partial charge on any atom is 0.318 e. The van der Waals surface area contributed by atoms with Crippen LogP contribution in [0.4, 0.5) is 9.18 Å². The predicted octanol–water partition coefficient (Wildman–Crippen LogP) is 3.04. The van der Waals surface area contributed by atoms with E-state index < -0.39 is 0 Å². The van der Waals surface area contributed by atoms with Gasteiger partial charge in [0.05, 0.1) is 0 Å². The Morgan fingerprint density at radius 1 is 1.14 bits per heavy atom. The van der Waals surface area contributed by atoms with Crippen molar-refractivity contribution >= 4 is 12.1 Å². The number of phenolic OH excluding ortho intramolecular Hbond substituents is 1. The Morgan fingerprint density at radius 3 is 2.59 bits per heavy atom. The lowest BCUT2D eigenvalue weighted by molar-refractivity contribution is 0.244. The summed E-state index contributed by atoms with van der Waals surface area (Å²) in [6.45, 7) is 0.462. The predicted molar refractivity (Wildman–Crippen MR) is 83.8 cm³/mol. The molecule has 0 fully saturated rings. The molecule has 0 spiro atoms. The van der Waals surface area contributed by atoms with E-state index in [0.717, 1.165) is 5.56 Å². The molecule has 2 rings (SSSR count). The zero-order valence-electron chi connectivity index (χ0n) is 11.9. The Bertz CT molecular complexity index is 654. The number of carbonyl (C=O) groups is 1. The van der Waals surface area contributed by atoms with Gasteiger partial charge in [-0.2, -0.15) is 0 Å². The molecule has 0 unspecified atom stereocenters. The first-order chi connectivity index (χ1) is 10.6. The van der Waals surface area contributed by atoms with Crippen LogP contribution in [0.25, 0.3) is 6.08 Å². The van der Waals surface area contributed by atoms with E-state index in [0.29, 0.717) is 18.5 Å². The maximum absolute atomic E-state index is 13.3. The van der Waals surface area contributed by atoms with Crippen molar-refractivity contribution in [3.05, 3.63) is 71.7 Å². The molecule has 5 heteroatoms. The number of amides is 2. The van der Waals surface area contributed by atoms with Gasteiger partial charge in [0.15, 0.2) is 0 Å². The number of phenols is 1. The fourth-order valence-electron chi connectivity index (χ4n) is 1.85. The third-order valence-corrected chi connectivity index (χ3v) is 3.02. The topological polar surface area (TPSA) is 61.4 Å². The highest BCUT2D eigenvalue weighted by molar-refractivity contribution is 5.75. The van der Waals surface area contributed by atoms with Gasteiger partial charge in [0.2, 0.25) is 0 Å². The fraction of sp³-hybridized carbons (Fsp3) is 0.118. The van der Waals surface area contributed by atoms with Crippen LogP contribution in [0.15, 0.2) is 54.7 Å². The van der Waals surface area contributed by atoms with Crippen LogP contribution < -0.4 is 10.6 Å². The van der Waals surface area contributed by atoms with Crippen molar-refractivity contribution in [2.45, 2.75) is 6.42 Å². The van der Waals surface area contributed by atoms with Crippen molar-refractivity contribution in [3.63, 3.8) is 0 Å². The van der Waals surface area contributed by atoms with Crippen molar-refractivity contribution in [2.24, 2.45) is 0 Å². The summed E-state index contributed by atoms with van der Waals surface area (Å²) in [6, 6.07) is 12.8. The first-order valence-electron chi connectivity index (χ1n) is 6.88. The lowest BCUT2D eigenvalue weighted by Crippen LogP contribution is -2.33. The normalized spacial score (nSPS) is 10.6. The molecular weight excluding hydrogens is 283 g/mol. The second kappa shape index (κ2) is 7.83. The van der Waals surface area contributed by atoms with E-state index >= 15 is 0 Å². The molecule has 0 saturated carbocycles. The van der Waals surface area contributed by atoms with Crippen LogP contribution in [0.3, 0.4) is 0 Å². The van der Waals surface area contributed by atoms with E-state index in [2.05, 4.69) is 10.6 Å². The van der Waals surface area contributed by atoms with Gasteiger partial charge in [0.25, 0.3) is 0 Å². The number of carbonyl (C=O) groups excluding carboxylic acids is 1.